The van der Waals surface area contributed by atoms with Crippen molar-refractivity contribution in [2.75, 3.05) is 135 Å². The highest BCUT2D eigenvalue weighted by molar-refractivity contribution is 6.39. The number of fused-ring (bicyclic) bond motifs is 5. The SMILES string of the molecule is CO[C@H]1C[C@@H]2CC[C@@H](C)[C@@](O)(O2)C(=O)C(=O)N2CCCC[C@H]2C(=O)O[C@H]([C@H](C)C[C@@H]2CC[C@@H](O)[C@H](OC)C2)C[C@@H](O)[C@H](C)/C=C(\C)[C@@H](O)[C@@H](OC)/C(=N/OCC(=O)NCc2cnc(N3CCN(c4ncc(C(=O)NCCOCCOCCOCCC(=O)NCCCCn5nc(-c6ccc7oc(N)nc7c6)c6c(N)ncnc65)cn4)CC3)nc2)[C@H](C)C[C@H](C)/C=C/C=C/C=C/1C. The molecule has 0 spiro atoms. The van der Waals surface area contributed by atoms with Gasteiger partial charge in [-0.1, -0.05) is 76.2 Å². The molecule has 710 valence electrons. The second-order valence-corrected chi connectivity index (χ2v) is 34.8. The molecular formula is C92H132N18O20. The molecule has 130 heavy (non-hydrogen) atoms. The monoisotopic (exact) mass is 1810 g/mol. The van der Waals surface area contributed by atoms with Gasteiger partial charge in [0.1, 0.15) is 47.7 Å². The number of carbonyl (C=O) groups is 6. The van der Waals surface area contributed by atoms with Crippen LogP contribution in [0.3, 0.4) is 0 Å². The number of unbranched alkanes of at least 4 members (excludes halogenated alkanes) is 1. The maximum atomic E-state index is 14.8. The summed E-state index contributed by atoms with van der Waals surface area (Å²) >= 11 is 0. The molecule has 16 atom stereocenters. The van der Waals surface area contributed by atoms with E-state index in [1.807, 2.05) is 80.0 Å². The number of nitrogens with zero attached hydrogens (tertiary/aromatic N) is 13. The van der Waals surface area contributed by atoms with E-state index in [2.05, 4.69) is 56.0 Å². The second-order valence-electron chi connectivity index (χ2n) is 34.8. The number of anilines is 4. The highest BCUT2D eigenvalue weighted by atomic mass is 16.6. The van der Waals surface area contributed by atoms with Crippen LogP contribution < -0.4 is 37.2 Å². The molecule has 0 radical (unpaired) electrons. The highest BCUT2D eigenvalue weighted by Gasteiger charge is 2.53. The molecular weight excluding hydrogens is 1680 g/mol. The Bertz CT molecular complexity index is 4850. The van der Waals surface area contributed by atoms with Gasteiger partial charge in [-0.2, -0.15) is 10.1 Å². The Morgan fingerprint density at radius 1 is 0.723 bits per heavy atom. The van der Waals surface area contributed by atoms with E-state index in [9.17, 15) is 49.2 Å². The molecule has 4 amide bonds. The van der Waals surface area contributed by atoms with Crippen LogP contribution in [-0.2, 0) is 79.8 Å². The fourth-order valence-corrected chi connectivity index (χ4v) is 17.4. The molecule has 6 aromatic rings. The number of nitrogens with two attached hydrogens (primary N) is 2. The van der Waals surface area contributed by atoms with Gasteiger partial charge >= 0.3 is 5.97 Å². The van der Waals surface area contributed by atoms with E-state index >= 15 is 0 Å². The van der Waals surface area contributed by atoms with E-state index in [1.54, 1.807) is 64.2 Å². The number of oxazole rings is 1. The predicted octanol–water partition coefficient (Wildman–Crippen LogP) is 6.88. The number of hydrogen-bond donors (Lipinski definition) is 9. The number of aromatic nitrogens is 9. The van der Waals surface area contributed by atoms with E-state index < -0.39 is 96.6 Å². The lowest BCUT2D eigenvalue weighted by Gasteiger charge is -2.43. The summed E-state index contributed by atoms with van der Waals surface area (Å²) in [7, 11) is 4.59. The van der Waals surface area contributed by atoms with Gasteiger partial charge in [-0.05, 0) is 138 Å². The number of nitrogen functional groups attached to an aromatic ring is 2. The average Bonchev–Trinajstić information content (AvgIpc) is 1.47. The normalized spacial score (nSPS) is 27.6. The van der Waals surface area contributed by atoms with Crippen molar-refractivity contribution in [1.29, 1.82) is 0 Å². The third-order valence-electron chi connectivity index (χ3n) is 25.1. The minimum absolute atomic E-state index is 0.0416. The predicted molar refractivity (Wildman–Crippen MR) is 484 cm³/mol. The summed E-state index contributed by atoms with van der Waals surface area (Å²) < 4.78 is 54.4. The quantitative estimate of drug-likeness (QED) is 0.00683. The van der Waals surface area contributed by atoms with E-state index in [0.717, 1.165) is 17.6 Å². The van der Waals surface area contributed by atoms with E-state index in [1.165, 1.54) is 30.7 Å². The molecule has 4 fully saturated rings. The van der Waals surface area contributed by atoms with Crippen molar-refractivity contribution in [1.82, 2.24) is 65.5 Å². The van der Waals surface area contributed by atoms with Crippen molar-refractivity contribution < 1.29 is 96.3 Å². The molecule has 38 nitrogen and oxygen atoms in total. The number of benzene rings is 1. The van der Waals surface area contributed by atoms with Crippen LogP contribution in [0.5, 0.6) is 0 Å². The first kappa shape index (κ1) is 100. The lowest BCUT2D eigenvalue weighted by atomic mass is 9.78. The maximum absolute atomic E-state index is 14.8. The van der Waals surface area contributed by atoms with Gasteiger partial charge in [0, 0.05) is 153 Å². The Balaban J connectivity index is 0.607. The Morgan fingerprint density at radius 2 is 1.44 bits per heavy atom. The number of aliphatic hydroxyl groups is 4. The van der Waals surface area contributed by atoms with Crippen molar-refractivity contribution in [3.8, 4) is 11.3 Å². The lowest BCUT2D eigenvalue weighted by Crippen LogP contribution is -2.61. The van der Waals surface area contributed by atoms with Crippen molar-refractivity contribution in [2.24, 2.45) is 40.7 Å². The molecule has 1 aromatic carbocycles. The van der Waals surface area contributed by atoms with Gasteiger partial charge in [0.25, 0.3) is 29.5 Å². The number of aryl methyl sites for hydroxylation is 1. The fraction of sp³-hybridized carbons (Fsp3) is 0.620. The molecule has 3 saturated heterocycles. The van der Waals surface area contributed by atoms with Crippen molar-refractivity contribution in [3.63, 3.8) is 0 Å². The largest absolute Gasteiger partial charge is 0.460 e. The minimum Gasteiger partial charge on any atom is -0.460 e. The topological polar surface area (TPSA) is 498 Å². The third-order valence-corrected chi connectivity index (χ3v) is 25.1. The van der Waals surface area contributed by atoms with Crippen LogP contribution >= 0.6 is 0 Å². The van der Waals surface area contributed by atoms with Crippen LogP contribution in [0, 0.1) is 35.5 Å². The zero-order valence-corrected chi connectivity index (χ0v) is 76.5. The van der Waals surface area contributed by atoms with E-state index in [4.69, 9.17) is 63.7 Å². The number of allylic oxidation sites excluding steroid dienone is 5. The van der Waals surface area contributed by atoms with Gasteiger partial charge in [0.2, 0.25) is 23.6 Å². The summed E-state index contributed by atoms with van der Waals surface area (Å²) in [4.78, 5) is 125. The number of amides is 4. The number of methoxy groups -OCH3 is 3. The molecule has 9 heterocycles. The first-order chi connectivity index (χ1) is 62.6. The summed E-state index contributed by atoms with van der Waals surface area (Å²) in [5.74, 6) is -7.14. The van der Waals surface area contributed by atoms with Crippen molar-refractivity contribution >= 4 is 87.0 Å². The summed E-state index contributed by atoms with van der Waals surface area (Å²) in [6.07, 6.45) is 19.3. The van der Waals surface area contributed by atoms with Crippen LogP contribution in [-0.4, -0.2) is 285 Å². The number of carbonyl (C=O) groups excluding carboxylic acids is 6. The minimum atomic E-state index is -2.47. The van der Waals surface area contributed by atoms with Gasteiger partial charge in [-0.3, -0.25) is 24.0 Å². The zero-order chi connectivity index (χ0) is 93.0. The van der Waals surface area contributed by atoms with Crippen LogP contribution in [0.2, 0.25) is 0 Å². The average molecular weight is 1810 g/mol. The molecule has 5 aliphatic rings. The number of esters is 1. The number of aliphatic hydroxyl groups excluding tert-OH is 3. The van der Waals surface area contributed by atoms with E-state index in [0.29, 0.717) is 198 Å². The van der Waals surface area contributed by atoms with Crippen LogP contribution in [0.15, 0.2) is 106 Å². The highest BCUT2D eigenvalue weighted by Crippen LogP contribution is 2.40. The first-order valence-electron chi connectivity index (χ1n) is 45.4. The standard InChI is InChI=1S/C92H132N18O20/c1-56-18-12-11-13-19-57(2)73(121-8)47-67-24-21-62(7)92(120,130-67)83(116)87(118)109-30-16-14-20-69(109)88(119)128-74(59(4)44-63-22-25-70(111)75(45-63)122-9)48-71(112)58(3)43-61(6)81(115)82(123-10)79(60(5)42-56)106-127-54-77(114)97-49-64-50-98-90(99-51-64)107-32-34-108(35-33-107)91-100-52-66(53-101-91)86(117)96-29-37-125-39-41-126-40-38-124-36-27-76(113)95-28-15-17-31-110-85-78(84(93)102-55-103-85)80(105-110)65-23-26-72-68(46-65)104-89(94)129-72/h11-13,18-19,23,26,43,46,50-53,55-56,58-60,62-63,67,69-71,73-75,81-82,111-112,115,120H,14-17,20-22,24-25,27-42,44-45,47-49,54H2,1-10H3,(H2,94,104)(H,95,113)(H,96,117)(H,97,114)(H2,93,102,103)/b13-11+,18-12+,57-19+,61-43+,106-79+/t56-,58-,59-,60-,62-,63+,67+,69+,70-,71-,73+,74+,75-,81-,82+,92-/m1/s1. The number of ether oxygens (including phenoxy) is 8. The third kappa shape index (κ3) is 27.6. The lowest BCUT2D eigenvalue weighted by molar-refractivity contribution is -0.265. The summed E-state index contributed by atoms with van der Waals surface area (Å²) in [6, 6.07) is 4.37. The number of Topliss-reactive ketones (excluding diaryl/α,β-unsaturated/α-hetero) is 1. The van der Waals surface area contributed by atoms with Crippen LogP contribution in [0.4, 0.5) is 23.7 Å². The number of piperazine rings is 1. The van der Waals surface area contributed by atoms with Crippen LogP contribution in [0.25, 0.3) is 33.4 Å². The van der Waals surface area contributed by atoms with Gasteiger partial charge in [-0.25, -0.2) is 39.4 Å². The van der Waals surface area contributed by atoms with Gasteiger partial charge in [0.05, 0.1) is 86.8 Å². The van der Waals surface area contributed by atoms with Crippen molar-refractivity contribution in [3.05, 3.63) is 108 Å². The molecule has 0 unspecified atom stereocenters. The summed E-state index contributed by atoms with van der Waals surface area (Å²) in [5.41, 5.74) is 17.7. The Kier molecular flexibility index (Phi) is 37.9. The van der Waals surface area contributed by atoms with Gasteiger partial charge in [-0.15, -0.1) is 0 Å². The zero-order valence-electron chi connectivity index (χ0n) is 76.5. The fourth-order valence-electron chi connectivity index (χ4n) is 17.4. The Morgan fingerprint density at radius 3 is 2.15 bits per heavy atom. The maximum Gasteiger partial charge on any atom is 0.329 e. The molecule has 1 aliphatic carbocycles. The number of nitrogens with one attached hydrogen (secondary N) is 3. The molecule has 38 heteroatoms. The van der Waals surface area contributed by atoms with Crippen molar-refractivity contribution in [2.45, 2.75) is 219 Å². The molecule has 2 bridgehead atoms. The summed E-state index contributed by atoms with van der Waals surface area (Å²) in [5, 5.41) is 66.0. The Labute approximate surface area is 758 Å². The molecule has 5 aromatic heterocycles. The first-order valence-corrected chi connectivity index (χ1v) is 45.4. The molecule has 11 N–H and O–H groups in total. The number of piperidine rings is 1. The smallest absolute Gasteiger partial charge is 0.329 e. The van der Waals surface area contributed by atoms with Crippen LogP contribution in [0.1, 0.15) is 161 Å². The summed E-state index contributed by atoms with van der Waals surface area (Å²) in [6.45, 7) is 18.0. The molecule has 1 saturated carbocycles. The Hall–Kier alpha value is -10.4. The number of oxime groups is 1. The second kappa shape index (κ2) is 49.2. The van der Waals surface area contributed by atoms with E-state index in [-0.39, 0.29) is 106 Å². The number of rotatable bonds is 32. The number of hydrogen-bond acceptors (Lipinski definition) is 33. The number of cyclic esters (lactones) is 1. The molecule has 4 aliphatic heterocycles. The van der Waals surface area contributed by atoms with Gasteiger partial charge in [0.15, 0.2) is 17.8 Å². The number of ketones is 1. The molecule has 11 rings (SSSR count). The van der Waals surface area contributed by atoms with Gasteiger partial charge < -0.3 is 110 Å².